The molecular weight excluding hydrogens is 368 g/mol. The molecule has 1 atom stereocenters. The second-order valence-electron chi connectivity index (χ2n) is 8.55. The van der Waals surface area contributed by atoms with E-state index >= 15 is 0 Å². The van der Waals surface area contributed by atoms with Crippen LogP contribution in [0.1, 0.15) is 50.5 Å². The highest BCUT2D eigenvalue weighted by Crippen LogP contribution is 2.35. The Morgan fingerprint density at radius 1 is 1.17 bits per heavy atom. The van der Waals surface area contributed by atoms with Crippen LogP contribution in [0.15, 0.2) is 30.3 Å². The molecule has 1 aliphatic carbocycles. The summed E-state index contributed by atoms with van der Waals surface area (Å²) in [6.45, 7) is 3.05. The van der Waals surface area contributed by atoms with Crippen molar-refractivity contribution >= 4 is 17.8 Å². The van der Waals surface area contributed by atoms with E-state index in [-0.39, 0.29) is 23.9 Å². The molecule has 3 fully saturated rings. The zero-order chi connectivity index (χ0) is 20.3. The Hall–Kier alpha value is -2.41. The summed E-state index contributed by atoms with van der Waals surface area (Å²) >= 11 is 0. The van der Waals surface area contributed by atoms with Crippen LogP contribution >= 0.6 is 0 Å². The maximum atomic E-state index is 12.6. The quantitative estimate of drug-likeness (QED) is 0.689. The van der Waals surface area contributed by atoms with Gasteiger partial charge in [0.2, 0.25) is 5.91 Å². The number of urea groups is 1. The second-order valence-corrected chi connectivity index (χ2v) is 8.55. The summed E-state index contributed by atoms with van der Waals surface area (Å²) in [5.41, 5.74) is 0.624. The van der Waals surface area contributed by atoms with E-state index in [0.717, 1.165) is 51.7 Å². The van der Waals surface area contributed by atoms with Crippen molar-refractivity contribution in [2.24, 2.45) is 0 Å². The van der Waals surface area contributed by atoms with Crippen LogP contribution < -0.4 is 10.6 Å². The van der Waals surface area contributed by atoms with Gasteiger partial charge in [0.05, 0.1) is 0 Å². The first-order valence-corrected chi connectivity index (χ1v) is 10.8. The number of benzene rings is 1. The van der Waals surface area contributed by atoms with E-state index in [1.165, 1.54) is 10.5 Å². The van der Waals surface area contributed by atoms with Gasteiger partial charge in [0.25, 0.3) is 5.91 Å². The average molecular weight is 399 g/mol. The number of carbonyl (C=O) groups excluding carboxylic acids is 3. The van der Waals surface area contributed by atoms with E-state index in [0.29, 0.717) is 19.4 Å². The molecule has 2 N–H and O–H groups in total. The molecule has 1 unspecified atom stereocenters. The van der Waals surface area contributed by atoms with Crippen molar-refractivity contribution in [2.75, 3.05) is 19.6 Å². The van der Waals surface area contributed by atoms with Gasteiger partial charge in [-0.25, -0.2) is 4.79 Å². The number of carbonyl (C=O) groups is 3. The summed E-state index contributed by atoms with van der Waals surface area (Å²) in [7, 11) is 0. The minimum absolute atomic E-state index is 0.000746. The summed E-state index contributed by atoms with van der Waals surface area (Å²) in [5.74, 6) is -0.105. The molecular formula is C22H30N4O3. The lowest BCUT2D eigenvalue weighted by Gasteiger charge is -2.20. The van der Waals surface area contributed by atoms with Crippen molar-refractivity contribution in [3.8, 4) is 0 Å². The smallest absolute Gasteiger partial charge is 0.325 e. The molecule has 7 heteroatoms. The third kappa shape index (κ3) is 4.45. The number of likely N-dealkylation sites (tertiary alicyclic amines) is 1. The SMILES string of the molecule is O=C(CCCN1C(=O)NC2(CCCC2)C1=O)NC1CCN(Cc2ccccc2)C1. The Kier molecular flexibility index (Phi) is 5.85. The van der Waals surface area contributed by atoms with E-state index in [1.807, 2.05) is 18.2 Å². The molecule has 2 aliphatic heterocycles. The molecule has 2 saturated heterocycles. The Balaban J connectivity index is 1.17. The Morgan fingerprint density at radius 3 is 2.69 bits per heavy atom. The lowest BCUT2D eigenvalue weighted by atomic mass is 9.98. The van der Waals surface area contributed by atoms with Crippen LogP contribution in [0, 0.1) is 0 Å². The van der Waals surface area contributed by atoms with E-state index in [4.69, 9.17) is 0 Å². The fraction of sp³-hybridized carbons (Fsp3) is 0.591. The molecule has 1 aromatic carbocycles. The summed E-state index contributed by atoms with van der Waals surface area (Å²) < 4.78 is 0. The summed E-state index contributed by atoms with van der Waals surface area (Å²) in [5, 5.41) is 5.99. The molecule has 156 valence electrons. The largest absolute Gasteiger partial charge is 0.352 e. The van der Waals surface area contributed by atoms with Crippen molar-refractivity contribution in [3.05, 3.63) is 35.9 Å². The van der Waals surface area contributed by atoms with E-state index in [1.54, 1.807) is 0 Å². The topological polar surface area (TPSA) is 81.8 Å². The maximum Gasteiger partial charge on any atom is 0.325 e. The summed E-state index contributed by atoms with van der Waals surface area (Å²) in [6, 6.07) is 10.2. The maximum absolute atomic E-state index is 12.6. The monoisotopic (exact) mass is 398 g/mol. The molecule has 1 saturated carbocycles. The predicted octanol–water partition coefficient (Wildman–Crippen LogP) is 2.02. The summed E-state index contributed by atoms with van der Waals surface area (Å²) in [4.78, 5) is 40.8. The molecule has 2 heterocycles. The van der Waals surface area contributed by atoms with Gasteiger partial charge in [0, 0.05) is 38.6 Å². The van der Waals surface area contributed by atoms with Crippen molar-refractivity contribution in [1.82, 2.24) is 20.4 Å². The van der Waals surface area contributed by atoms with Gasteiger partial charge < -0.3 is 10.6 Å². The van der Waals surface area contributed by atoms with Gasteiger partial charge in [-0.1, -0.05) is 43.2 Å². The van der Waals surface area contributed by atoms with Crippen molar-refractivity contribution in [1.29, 1.82) is 0 Å². The first kappa shape index (κ1) is 19.9. The van der Waals surface area contributed by atoms with Crippen molar-refractivity contribution in [2.45, 2.75) is 63.1 Å². The van der Waals surface area contributed by atoms with E-state index in [2.05, 4.69) is 27.7 Å². The second kappa shape index (κ2) is 8.53. The minimum Gasteiger partial charge on any atom is -0.352 e. The number of hydrogen-bond donors (Lipinski definition) is 2. The Morgan fingerprint density at radius 2 is 1.93 bits per heavy atom. The molecule has 3 aliphatic rings. The fourth-order valence-electron chi connectivity index (χ4n) is 4.83. The normalized spacial score (nSPS) is 23.7. The lowest BCUT2D eigenvalue weighted by molar-refractivity contribution is -0.131. The van der Waals surface area contributed by atoms with Gasteiger partial charge in [-0.05, 0) is 31.2 Å². The standard InChI is InChI=1S/C22H30N4O3/c27-19(23-18-10-14-25(16-18)15-17-7-2-1-3-8-17)9-6-13-26-20(28)22(24-21(26)29)11-4-5-12-22/h1-3,7-8,18H,4-6,9-16H2,(H,23,27)(H,24,29). The number of nitrogens with zero attached hydrogens (tertiary/aromatic N) is 2. The molecule has 0 radical (unpaired) electrons. The predicted molar refractivity (Wildman–Crippen MR) is 109 cm³/mol. The lowest BCUT2D eigenvalue weighted by Crippen LogP contribution is -2.44. The van der Waals surface area contributed by atoms with Crippen LogP contribution in [0.25, 0.3) is 0 Å². The molecule has 1 spiro atoms. The zero-order valence-corrected chi connectivity index (χ0v) is 16.9. The van der Waals surface area contributed by atoms with Crippen LogP contribution in [0.3, 0.4) is 0 Å². The Labute approximate surface area is 171 Å². The number of amides is 4. The highest BCUT2D eigenvalue weighted by molar-refractivity contribution is 6.07. The van der Waals surface area contributed by atoms with Crippen LogP contribution in [0.4, 0.5) is 4.79 Å². The summed E-state index contributed by atoms with van der Waals surface area (Å²) in [6.07, 6.45) is 5.20. The number of imide groups is 1. The number of rotatable bonds is 7. The molecule has 1 aromatic rings. The Bertz CT molecular complexity index is 761. The van der Waals surface area contributed by atoms with E-state index < -0.39 is 5.54 Å². The van der Waals surface area contributed by atoms with Gasteiger partial charge in [-0.2, -0.15) is 0 Å². The van der Waals surface area contributed by atoms with Crippen LogP contribution in [0.2, 0.25) is 0 Å². The first-order valence-electron chi connectivity index (χ1n) is 10.8. The van der Waals surface area contributed by atoms with Crippen LogP contribution in [0.5, 0.6) is 0 Å². The molecule has 29 heavy (non-hydrogen) atoms. The number of hydrogen-bond acceptors (Lipinski definition) is 4. The minimum atomic E-state index is -0.661. The molecule has 7 nitrogen and oxygen atoms in total. The first-order chi connectivity index (χ1) is 14.1. The molecule has 4 amide bonds. The van der Waals surface area contributed by atoms with Crippen molar-refractivity contribution < 1.29 is 14.4 Å². The third-order valence-electron chi connectivity index (χ3n) is 6.38. The van der Waals surface area contributed by atoms with Crippen LogP contribution in [-0.4, -0.2) is 58.9 Å². The van der Waals surface area contributed by atoms with Gasteiger partial charge in [0.1, 0.15) is 5.54 Å². The number of nitrogens with one attached hydrogen (secondary N) is 2. The van der Waals surface area contributed by atoms with Crippen molar-refractivity contribution in [3.63, 3.8) is 0 Å². The average Bonchev–Trinajstić information content (AvgIpc) is 3.40. The van der Waals surface area contributed by atoms with Gasteiger partial charge in [0.15, 0.2) is 0 Å². The van der Waals surface area contributed by atoms with Gasteiger partial charge in [-0.3, -0.25) is 19.4 Å². The third-order valence-corrected chi connectivity index (χ3v) is 6.38. The molecule has 0 aromatic heterocycles. The van der Waals surface area contributed by atoms with Gasteiger partial charge in [-0.15, -0.1) is 0 Å². The van der Waals surface area contributed by atoms with E-state index in [9.17, 15) is 14.4 Å². The van der Waals surface area contributed by atoms with Crippen LogP contribution in [-0.2, 0) is 16.1 Å². The highest BCUT2D eigenvalue weighted by atomic mass is 16.2. The zero-order valence-electron chi connectivity index (χ0n) is 16.9. The fourth-order valence-corrected chi connectivity index (χ4v) is 4.83. The highest BCUT2D eigenvalue weighted by Gasteiger charge is 2.52. The van der Waals surface area contributed by atoms with Gasteiger partial charge >= 0.3 is 6.03 Å². The molecule has 0 bridgehead atoms. The molecule has 4 rings (SSSR count).